The highest BCUT2D eigenvalue weighted by Gasteiger charge is 2.27. The molecule has 0 saturated carbocycles. The van der Waals surface area contributed by atoms with Crippen LogP contribution in [0.15, 0.2) is 54.7 Å². The van der Waals surface area contributed by atoms with Crippen molar-refractivity contribution in [3.05, 3.63) is 71.4 Å². The zero-order valence-electron chi connectivity index (χ0n) is 18.5. The van der Waals surface area contributed by atoms with Crippen molar-refractivity contribution in [2.24, 2.45) is 0 Å². The van der Waals surface area contributed by atoms with Crippen LogP contribution in [0.5, 0.6) is 0 Å². The first-order valence-electron chi connectivity index (χ1n) is 11.2. The summed E-state index contributed by atoms with van der Waals surface area (Å²) < 4.78 is 2.30. The highest BCUT2D eigenvalue weighted by molar-refractivity contribution is 5.86. The number of benzene rings is 2. The molecule has 4 rings (SSSR count). The summed E-state index contributed by atoms with van der Waals surface area (Å²) in [5.41, 5.74) is 4.98. The third-order valence-corrected chi connectivity index (χ3v) is 6.57. The fourth-order valence-corrected chi connectivity index (χ4v) is 4.64. The summed E-state index contributed by atoms with van der Waals surface area (Å²) >= 11 is 0. The maximum Gasteiger partial charge on any atom is 0.223 e. The number of carbonyl (C=O) groups excluding carboxylic acids is 1. The third kappa shape index (κ3) is 4.15. The molecular weight excluding hydrogens is 370 g/mol. The second kappa shape index (κ2) is 9.05. The number of para-hydroxylation sites is 1. The van der Waals surface area contributed by atoms with Gasteiger partial charge in [0.05, 0.1) is 0 Å². The minimum absolute atomic E-state index is 0.0694. The maximum atomic E-state index is 13.3. The second-order valence-corrected chi connectivity index (χ2v) is 8.37. The lowest BCUT2D eigenvalue weighted by Gasteiger charge is -2.35. The largest absolute Gasteiger partial charge is 0.347 e. The number of piperazine rings is 1. The monoisotopic (exact) mass is 403 g/mol. The molecule has 3 aromatic rings. The molecule has 1 aliphatic rings. The fraction of sp³-hybridized carbons (Fsp3) is 0.423. The van der Waals surface area contributed by atoms with Crippen LogP contribution in [0.1, 0.15) is 42.9 Å². The van der Waals surface area contributed by atoms with E-state index in [1.54, 1.807) is 0 Å². The summed E-state index contributed by atoms with van der Waals surface area (Å²) in [7, 11) is 0. The van der Waals surface area contributed by atoms with Gasteiger partial charge < -0.3 is 14.4 Å². The Morgan fingerprint density at radius 1 is 0.933 bits per heavy atom. The van der Waals surface area contributed by atoms with Gasteiger partial charge in [0, 0.05) is 62.2 Å². The highest BCUT2D eigenvalue weighted by Crippen LogP contribution is 2.35. The van der Waals surface area contributed by atoms with E-state index in [2.05, 4.69) is 89.9 Å². The minimum atomic E-state index is 0.0694. The Balaban J connectivity index is 1.68. The van der Waals surface area contributed by atoms with Crippen LogP contribution in [-0.2, 0) is 11.3 Å². The van der Waals surface area contributed by atoms with E-state index in [1.807, 2.05) is 0 Å². The van der Waals surface area contributed by atoms with Gasteiger partial charge in [-0.2, -0.15) is 0 Å². The van der Waals surface area contributed by atoms with Crippen LogP contribution in [0.4, 0.5) is 0 Å². The van der Waals surface area contributed by atoms with E-state index in [-0.39, 0.29) is 11.8 Å². The van der Waals surface area contributed by atoms with E-state index in [1.165, 1.54) is 27.6 Å². The van der Waals surface area contributed by atoms with Crippen LogP contribution in [0.25, 0.3) is 10.9 Å². The molecule has 30 heavy (non-hydrogen) atoms. The van der Waals surface area contributed by atoms with Gasteiger partial charge >= 0.3 is 0 Å². The van der Waals surface area contributed by atoms with Gasteiger partial charge in [0.1, 0.15) is 0 Å². The SMILES string of the molecule is CCN1CCN(C(=O)CC(c2ccc(C)cc2)c2cn(CC)c3ccccc23)CC1. The number of hydrogen-bond acceptors (Lipinski definition) is 2. The molecule has 4 nitrogen and oxygen atoms in total. The molecule has 0 spiro atoms. The summed E-state index contributed by atoms with van der Waals surface area (Å²) in [5, 5.41) is 1.26. The highest BCUT2D eigenvalue weighted by atomic mass is 16.2. The summed E-state index contributed by atoms with van der Waals surface area (Å²) in [5.74, 6) is 0.338. The zero-order valence-corrected chi connectivity index (χ0v) is 18.5. The number of hydrogen-bond donors (Lipinski definition) is 0. The molecule has 1 unspecified atom stereocenters. The number of aryl methyl sites for hydroxylation is 2. The van der Waals surface area contributed by atoms with E-state index in [0.717, 1.165) is 39.3 Å². The average Bonchev–Trinajstić information content (AvgIpc) is 3.17. The molecule has 1 fully saturated rings. The van der Waals surface area contributed by atoms with Crippen molar-refractivity contribution in [1.82, 2.24) is 14.4 Å². The summed E-state index contributed by atoms with van der Waals surface area (Å²) in [6.45, 7) is 12.1. The molecule has 1 saturated heterocycles. The van der Waals surface area contributed by atoms with Crippen molar-refractivity contribution < 1.29 is 4.79 Å². The van der Waals surface area contributed by atoms with Gasteiger partial charge in [-0.15, -0.1) is 0 Å². The van der Waals surface area contributed by atoms with Crippen molar-refractivity contribution in [3.8, 4) is 0 Å². The summed E-state index contributed by atoms with van der Waals surface area (Å²) in [4.78, 5) is 17.8. The van der Waals surface area contributed by atoms with Gasteiger partial charge in [0.2, 0.25) is 5.91 Å². The average molecular weight is 404 g/mol. The van der Waals surface area contributed by atoms with Gasteiger partial charge in [-0.3, -0.25) is 4.79 Å². The Morgan fingerprint density at radius 3 is 2.30 bits per heavy atom. The molecule has 1 aromatic heterocycles. The van der Waals surface area contributed by atoms with Gasteiger partial charge in [0.25, 0.3) is 0 Å². The molecule has 0 bridgehead atoms. The molecule has 2 heterocycles. The number of aromatic nitrogens is 1. The van der Waals surface area contributed by atoms with E-state index in [0.29, 0.717) is 6.42 Å². The second-order valence-electron chi connectivity index (χ2n) is 8.37. The number of nitrogens with zero attached hydrogens (tertiary/aromatic N) is 3. The Hall–Kier alpha value is -2.59. The molecule has 2 aromatic carbocycles. The van der Waals surface area contributed by atoms with Gasteiger partial charge in [0.15, 0.2) is 0 Å². The Kier molecular flexibility index (Phi) is 6.24. The van der Waals surface area contributed by atoms with Crippen molar-refractivity contribution in [1.29, 1.82) is 0 Å². The summed E-state index contributed by atoms with van der Waals surface area (Å²) in [6, 6.07) is 17.3. The quantitative estimate of drug-likeness (QED) is 0.599. The van der Waals surface area contributed by atoms with Gasteiger partial charge in [-0.1, -0.05) is 55.0 Å². The Morgan fingerprint density at radius 2 is 1.63 bits per heavy atom. The number of carbonyl (C=O) groups is 1. The van der Waals surface area contributed by atoms with E-state index < -0.39 is 0 Å². The van der Waals surface area contributed by atoms with Crippen molar-refractivity contribution >= 4 is 16.8 Å². The lowest BCUT2D eigenvalue weighted by atomic mass is 9.87. The molecule has 0 N–H and O–H groups in total. The smallest absolute Gasteiger partial charge is 0.223 e. The van der Waals surface area contributed by atoms with Gasteiger partial charge in [-0.05, 0) is 37.6 Å². The topological polar surface area (TPSA) is 28.5 Å². The third-order valence-electron chi connectivity index (χ3n) is 6.57. The van der Waals surface area contributed by atoms with Crippen LogP contribution in [0.3, 0.4) is 0 Å². The Labute approximate surface area is 180 Å². The molecule has 1 amide bonds. The number of rotatable bonds is 6. The standard InChI is InChI=1S/C26H33N3O/c1-4-27-14-16-29(17-15-27)26(30)18-23(21-12-10-20(3)11-13-21)24-19-28(5-2)25-9-7-6-8-22(24)25/h6-13,19,23H,4-5,14-18H2,1-3H3. The molecular formula is C26H33N3O. The van der Waals surface area contributed by atoms with Crippen molar-refractivity contribution in [2.75, 3.05) is 32.7 Å². The zero-order chi connectivity index (χ0) is 21.1. The fourth-order valence-electron chi connectivity index (χ4n) is 4.64. The Bertz CT molecular complexity index is 997. The molecule has 4 heteroatoms. The molecule has 1 atom stereocenters. The summed E-state index contributed by atoms with van der Waals surface area (Å²) in [6.07, 6.45) is 2.78. The first-order valence-corrected chi connectivity index (χ1v) is 11.2. The van der Waals surface area contributed by atoms with Crippen molar-refractivity contribution in [3.63, 3.8) is 0 Å². The van der Waals surface area contributed by atoms with E-state index in [4.69, 9.17) is 0 Å². The maximum absolute atomic E-state index is 13.3. The van der Waals surface area contributed by atoms with Crippen molar-refractivity contribution in [2.45, 2.75) is 39.7 Å². The molecule has 158 valence electrons. The minimum Gasteiger partial charge on any atom is -0.347 e. The predicted octanol–water partition coefficient (Wildman–Crippen LogP) is 4.66. The van der Waals surface area contributed by atoms with Crippen LogP contribution >= 0.6 is 0 Å². The van der Waals surface area contributed by atoms with Crippen LogP contribution in [0.2, 0.25) is 0 Å². The number of amides is 1. The normalized spacial score (nSPS) is 16.2. The first-order chi connectivity index (χ1) is 14.6. The number of likely N-dealkylation sites (N-methyl/N-ethyl adjacent to an activating group) is 1. The van der Waals surface area contributed by atoms with Gasteiger partial charge in [-0.25, -0.2) is 0 Å². The lowest BCUT2D eigenvalue weighted by molar-refractivity contribution is -0.133. The molecule has 0 radical (unpaired) electrons. The lowest BCUT2D eigenvalue weighted by Crippen LogP contribution is -2.48. The molecule has 1 aliphatic heterocycles. The van der Waals surface area contributed by atoms with Crippen LogP contribution < -0.4 is 0 Å². The molecule has 0 aliphatic carbocycles. The van der Waals surface area contributed by atoms with E-state index in [9.17, 15) is 4.79 Å². The van der Waals surface area contributed by atoms with Crippen LogP contribution in [0, 0.1) is 6.92 Å². The van der Waals surface area contributed by atoms with Crippen LogP contribution in [-0.4, -0.2) is 53.0 Å². The number of fused-ring (bicyclic) bond motifs is 1. The predicted molar refractivity (Wildman–Crippen MR) is 124 cm³/mol. The van der Waals surface area contributed by atoms with E-state index >= 15 is 0 Å². The first kappa shape index (κ1) is 20.7.